The Morgan fingerprint density at radius 2 is 1.95 bits per heavy atom. The summed E-state index contributed by atoms with van der Waals surface area (Å²) in [5, 5.41) is 3.28. The van der Waals surface area contributed by atoms with Gasteiger partial charge in [-0.3, -0.25) is 4.79 Å². The second kappa shape index (κ2) is 8.19. The third kappa shape index (κ3) is 4.60. The van der Waals surface area contributed by atoms with Gasteiger partial charge in [0.25, 0.3) is 5.91 Å². The number of benzene rings is 1. The van der Waals surface area contributed by atoms with Gasteiger partial charge in [0, 0.05) is 12.7 Å². The number of hydrogen-bond donors (Lipinski definition) is 1. The number of aromatic nitrogens is 1. The number of carbonyl (C=O) groups is 2. The lowest BCUT2D eigenvalue weighted by atomic mass is 10.2. The number of rotatable bonds is 6. The van der Waals surface area contributed by atoms with E-state index in [0.29, 0.717) is 17.1 Å². The lowest BCUT2D eigenvalue weighted by Crippen LogP contribution is -2.28. The van der Waals surface area contributed by atoms with E-state index in [-0.39, 0.29) is 12.5 Å². The number of hydrogen-bond acceptors (Lipinski definition) is 5. The molecule has 1 aromatic heterocycles. The highest BCUT2D eigenvalue weighted by Gasteiger charge is 2.14. The minimum atomic E-state index is -0.549. The Kier molecular flexibility index (Phi) is 5.97. The molecule has 0 fully saturated rings. The second-order valence-corrected chi connectivity index (χ2v) is 5.19. The van der Waals surface area contributed by atoms with E-state index in [9.17, 15) is 9.59 Å². The van der Waals surface area contributed by atoms with Gasteiger partial charge in [-0.2, -0.15) is 0 Å². The topological polar surface area (TPSA) is 68.3 Å². The van der Waals surface area contributed by atoms with E-state index in [1.54, 1.807) is 18.3 Å². The average Bonchev–Trinajstić information content (AvgIpc) is 2.58. The molecule has 2 rings (SSSR count). The summed E-state index contributed by atoms with van der Waals surface area (Å²) in [5.74, 6) is -0.890. The van der Waals surface area contributed by atoms with E-state index in [1.165, 1.54) is 11.8 Å². The third-order valence-electron chi connectivity index (χ3n) is 2.85. The Hall–Kier alpha value is -2.34. The maximum Gasteiger partial charge on any atom is 0.341 e. The minimum absolute atomic E-state index is 0.311. The Labute approximate surface area is 133 Å². The second-order valence-electron chi connectivity index (χ2n) is 4.40. The number of nitrogens with one attached hydrogen (secondary N) is 1. The van der Waals surface area contributed by atoms with Gasteiger partial charge in [0.1, 0.15) is 5.03 Å². The van der Waals surface area contributed by atoms with Crippen LogP contribution in [0.15, 0.2) is 53.7 Å². The SMILES string of the molecule is CSc1ncccc1C(=O)OCC(=O)NCc1ccccc1. The first-order valence-electron chi connectivity index (χ1n) is 6.67. The monoisotopic (exact) mass is 316 g/mol. The summed E-state index contributed by atoms with van der Waals surface area (Å²) in [4.78, 5) is 27.7. The summed E-state index contributed by atoms with van der Waals surface area (Å²) in [6, 6.07) is 12.8. The highest BCUT2D eigenvalue weighted by atomic mass is 32.2. The minimum Gasteiger partial charge on any atom is -0.452 e. The molecule has 5 nitrogen and oxygen atoms in total. The normalized spacial score (nSPS) is 10.0. The molecule has 0 atom stereocenters. The number of esters is 1. The number of carbonyl (C=O) groups excluding carboxylic acids is 2. The van der Waals surface area contributed by atoms with Crippen molar-refractivity contribution in [2.45, 2.75) is 11.6 Å². The van der Waals surface area contributed by atoms with Crippen molar-refractivity contribution in [1.29, 1.82) is 0 Å². The summed E-state index contributed by atoms with van der Waals surface area (Å²) < 4.78 is 5.02. The molecule has 0 radical (unpaired) electrons. The van der Waals surface area contributed by atoms with Crippen LogP contribution in [0.25, 0.3) is 0 Å². The summed E-state index contributed by atoms with van der Waals surface area (Å²) in [7, 11) is 0. The van der Waals surface area contributed by atoms with Gasteiger partial charge in [0.05, 0.1) is 5.56 Å². The van der Waals surface area contributed by atoms with Crippen molar-refractivity contribution in [3.05, 3.63) is 59.8 Å². The Morgan fingerprint density at radius 3 is 2.68 bits per heavy atom. The van der Waals surface area contributed by atoms with E-state index in [4.69, 9.17) is 4.74 Å². The predicted octanol–water partition coefficient (Wildman–Crippen LogP) is 2.28. The average molecular weight is 316 g/mol. The van der Waals surface area contributed by atoms with E-state index < -0.39 is 5.97 Å². The molecule has 0 aliphatic carbocycles. The zero-order valence-corrected chi connectivity index (χ0v) is 12.9. The molecule has 0 spiro atoms. The van der Waals surface area contributed by atoms with Crippen LogP contribution in [0.4, 0.5) is 0 Å². The fourth-order valence-corrected chi connectivity index (χ4v) is 2.30. The van der Waals surface area contributed by atoms with Crippen molar-refractivity contribution in [3.63, 3.8) is 0 Å². The fourth-order valence-electron chi connectivity index (χ4n) is 1.77. The quantitative estimate of drug-likeness (QED) is 0.654. The standard InChI is InChI=1S/C16H16N2O3S/c1-22-15-13(8-5-9-17-15)16(20)21-11-14(19)18-10-12-6-3-2-4-7-12/h2-9H,10-11H2,1H3,(H,18,19). The van der Waals surface area contributed by atoms with Gasteiger partial charge < -0.3 is 10.1 Å². The van der Waals surface area contributed by atoms with Crippen LogP contribution < -0.4 is 5.32 Å². The number of pyridine rings is 1. The van der Waals surface area contributed by atoms with Crippen molar-refractivity contribution in [2.24, 2.45) is 0 Å². The number of nitrogens with zero attached hydrogens (tertiary/aromatic N) is 1. The van der Waals surface area contributed by atoms with Crippen LogP contribution >= 0.6 is 11.8 Å². The summed E-state index contributed by atoms with van der Waals surface area (Å²) in [6.07, 6.45) is 3.43. The van der Waals surface area contributed by atoms with Crippen LogP contribution in [-0.2, 0) is 16.1 Å². The lowest BCUT2D eigenvalue weighted by molar-refractivity contribution is -0.124. The molecular weight excluding hydrogens is 300 g/mol. The molecule has 22 heavy (non-hydrogen) atoms. The van der Waals surface area contributed by atoms with E-state index in [2.05, 4.69) is 10.3 Å². The predicted molar refractivity (Wildman–Crippen MR) is 84.6 cm³/mol. The van der Waals surface area contributed by atoms with Crippen molar-refractivity contribution < 1.29 is 14.3 Å². The molecule has 0 saturated heterocycles. The largest absolute Gasteiger partial charge is 0.452 e. The van der Waals surface area contributed by atoms with Crippen LogP contribution in [0.5, 0.6) is 0 Å². The smallest absolute Gasteiger partial charge is 0.341 e. The van der Waals surface area contributed by atoms with Crippen molar-refractivity contribution in [3.8, 4) is 0 Å². The highest BCUT2D eigenvalue weighted by molar-refractivity contribution is 7.98. The molecule has 2 aromatic rings. The van der Waals surface area contributed by atoms with Crippen molar-refractivity contribution >= 4 is 23.6 Å². The van der Waals surface area contributed by atoms with Gasteiger partial charge in [-0.15, -0.1) is 11.8 Å². The van der Waals surface area contributed by atoms with E-state index in [0.717, 1.165) is 5.56 Å². The van der Waals surface area contributed by atoms with E-state index in [1.807, 2.05) is 36.6 Å². The Bertz CT molecular complexity index is 647. The summed E-state index contributed by atoms with van der Waals surface area (Å²) >= 11 is 1.35. The fraction of sp³-hybridized carbons (Fsp3) is 0.188. The highest BCUT2D eigenvalue weighted by Crippen LogP contribution is 2.17. The van der Waals surface area contributed by atoms with Gasteiger partial charge >= 0.3 is 5.97 Å². The van der Waals surface area contributed by atoms with Gasteiger partial charge in [0.15, 0.2) is 6.61 Å². The van der Waals surface area contributed by atoms with E-state index >= 15 is 0 Å². The molecular formula is C16H16N2O3S. The molecule has 0 unspecified atom stereocenters. The molecule has 1 N–H and O–H groups in total. The molecule has 0 aliphatic heterocycles. The molecule has 1 heterocycles. The first kappa shape index (κ1) is 16.0. The Balaban J connectivity index is 1.82. The zero-order valence-electron chi connectivity index (χ0n) is 12.1. The molecule has 114 valence electrons. The van der Waals surface area contributed by atoms with Crippen LogP contribution in [0.2, 0.25) is 0 Å². The lowest BCUT2D eigenvalue weighted by Gasteiger charge is -2.08. The summed E-state index contributed by atoms with van der Waals surface area (Å²) in [6.45, 7) is 0.0918. The van der Waals surface area contributed by atoms with Gasteiger partial charge in [0.2, 0.25) is 0 Å². The van der Waals surface area contributed by atoms with Gasteiger partial charge in [-0.1, -0.05) is 30.3 Å². The maximum absolute atomic E-state index is 11.9. The number of amides is 1. The summed E-state index contributed by atoms with van der Waals surface area (Å²) in [5.41, 5.74) is 1.35. The van der Waals surface area contributed by atoms with Gasteiger partial charge in [-0.25, -0.2) is 9.78 Å². The van der Waals surface area contributed by atoms with Crippen LogP contribution in [0.1, 0.15) is 15.9 Å². The van der Waals surface area contributed by atoms with Gasteiger partial charge in [-0.05, 0) is 24.0 Å². The molecule has 6 heteroatoms. The van der Waals surface area contributed by atoms with Crippen molar-refractivity contribution in [2.75, 3.05) is 12.9 Å². The van der Waals surface area contributed by atoms with Crippen LogP contribution in [0, 0.1) is 0 Å². The first-order chi connectivity index (χ1) is 10.7. The van der Waals surface area contributed by atoms with Crippen LogP contribution in [0.3, 0.4) is 0 Å². The number of thioether (sulfide) groups is 1. The third-order valence-corrected chi connectivity index (χ3v) is 3.56. The maximum atomic E-state index is 11.9. The molecule has 0 saturated carbocycles. The molecule has 0 aliphatic rings. The molecule has 1 aromatic carbocycles. The molecule has 1 amide bonds. The van der Waals surface area contributed by atoms with Crippen molar-refractivity contribution in [1.82, 2.24) is 10.3 Å². The molecule has 0 bridgehead atoms. The zero-order chi connectivity index (χ0) is 15.8. The Morgan fingerprint density at radius 1 is 1.18 bits per heavy atom. The number of ether oxygens (including phenoxy) is 1. The van der Waals surface area contributed by atoms with Crippen LogP contribution in [-0.4, -0.2) is 29.7 Å². The first-order valence-corrected chi connectivity index (χ1v) is 7.90.